The fourth-order valence-electron chi connectivity index (χ4n) is 3.02. The van der Waals surface area contributed by atoms with Gasteiger partial charge in [-0.25, -0.2) is 0 Å². The molecule has 2 N–H and O–H groups in total. The van der Waals surface area contributed by atoms with Crippen molar-refractivity contribution in [2.75, 3.05) is 20.7 Å². The molecule has 0 spiro atoms. The number of hydrogen-bond donors (Lipinski definition) is 1. The maximum atomic E-state index is 6.10. The van der Waals surface area contributed by atoms with Gasteiger partial charge in [0.1, 0.15) is 0 Å². The Morgan fingerprint density at radius 1 is 1.41 bits per heavy atom. The number of rotatable bonds is 5. The molecule has 1 fully saturated rings. The maximum absolute atomic E-state index is 6.10. The summed E-state index contributed by atoms with van der Waals surface area (Å²) in [5.74, 6) is 0.659. The van der Waals surface area contributed by atoms with Crippen molar-refractivity contribution in [3.8, 4) is 0 Å². The van der Waals surface area contributed by atoms with Gasteiger partial charge in [0.2, 0.25) is 0 Å². The van der Waals surface area contributed by atoms with Crippen LogP contribution in [0.2, 0.25) is 0 Å². The van der Waals surface area contributed by atoms with E-state index in [0.717, 1.165) is 13.0 Å². The minimum absolute atomic E-state index is 0.141. The van der Waals surface area contributed by atoms with Crippen molar-refractivity contribution in [2.45, 2.75) is 64.1 Å². The molecule has 0 amide bonds. The van der Waals surface area contributed by atoms with Gasteiger partial charge in [0, 0.05) is 25.2 Å². The van der Waals surface area contributed by atoms with E-state index in [-0.39, 0.29) is 5.54 Å². The van der Waals surface area contributed by atoms with E-state index in [1.54, 1.807) is 0 Å². The normalized spacial score (nSPS) is 32.1. The van der Waals surface area contributed by atoms with E-state index in [0.29, 0.717) is 18.1 Å². The van der Waals surface area contributed by atoms with Gasteiger partial charge in [0.05, 0.1) is 6.10 Å². The molecule has 3 atom stereocenters. The Labute approximate surface area is 107 Å². The third kappa shape index (κ3) is 3.21. The summed E-state index contributed by atoms with van der Waals surface area (Å²) in [6.45, 7) is 7.60. The molecule has 17 heavy (non-hydrogen) atoms. The van der Waals surface area contributed by atoms with E-state index in [9.17, 15) is 0 Å². The summed E-state index contributed by atoms with van der Waals surface area (Å²) in [6, 6.07) is 0.564. The molecule has 1 rings (SSSR count). The highest BCUT2D eigenvalue weighted by Gasteiger charge is 2.40. The van der Waals surface area contributed by atoms with E-state index < -0.39 is 0 Å². The molecule has 0 saturated heterocycles. The van der Waals surface area contributed by atoms with Gasteiger partial charge < -0.3 is 10.5 Å². The van der Waals surface area contributed by atoms with Crippen LogP contribution < -0.4 is 5.73 Å². The zero-order valence-corrected chi connectivity index (χ0v) is 12.2. The highest BCUT2D eigenvalue weighted by Crippen LogP contribution is 2.35. The van der Waals surface area contributed by atoms with Crippen LogP contribution in [0.15, 0.2) is 0 Å². The standard InChI is InChI=1S/C14H30N2O/c1-11(2)12(3)16(4)14(10-15)8-6-7-13(9-14)17-5/h11-13H,6-10,15H2,1-5H3. The second-order valence-corrected chi connectivity index (χ2v) is 5.98. The number of nitrogens with zero attached hydrogens (tertiary/aromatic N) is 1. The number of hydrogen-bond acceptors (Lipinski definition) is 3. The number of ether oxygens (including phenoxy) is 1. The molecule has 0 heterocycles. The Bertz CT molecular complexity index is 232. The summed E-state index contributed by atoms with van der Waals surface area (Å²) in [6.07, 6.45) is 5.08. The third-order valence-electron chi connectivity index (χ3n) is 4.81. The Balaban J connectivity index is 2.79. The van der Waals surface area contributed by atoms with Crippen LogP contribution in [0.1, 0.15) is 46.5 Å². The number of nitrogens with two attached hydrogens (primary N) is 1. The second kappa shape index (κ2) is 6.17. The van der Waals surface area contributed by atoms with Crippen molar-refractivity contribution in [3.63, 3.8) is 0 Å². The van der Waals surface area contributed by atoms with E-state index in [1.165, 1.54) is 19.3 Å². The summed E-state index contributed by atoms with van der Waals surface area (Å²) < 4.78 is 5.56. The number of likely N-dealkylation sites (N-methyl/N-ethyl adjacent to an activating group) is 1. The molecule has 3 nitrogen and oxygen atoms in total. The summed E-state index contributed by atoms with van der Waals surface area (Å²) >= 11 is 0. The first kappa shape index (κ1) is 14.9. The summed E-state index contributed by atoms with van der Waals surface area (Å²) in [5, 5.41) is 0. The lowest BCUT2D eigenvalue weighted by Crippen LogP contribution is -2.59. The topological polar surface area (TPSA) is 38.5 Å². The van der Waals surface area contributed by atoms with Crippen molar-refractivity contribution >= 4 is 0 Å². The minimum Gasteiger partial charge on any atom is -0.381 e. The molecule has 0 aromatic rings. The van der Waals surface area contributed by atoms with Gasteiger partial charge in [-0.05, 0) is 45.6 Å². The fraction of sp³-hybridized carbons (Fsp3) is 1.00. The lowest BCUT2D eigenvalue weighted by atomic mass is 9.77. The first-order chi connectivity index (χ1) is 7.96. The summed E-state index contributed by atoms with van der Waals surface area (Å²) in [4.78, 5) is 2.50. The van der Waals surface area contributed by atoms with Gasteiger partial charge in [-0.2, -0.15) is 0 Å². The van der Waals surface area contributed by atoms with Gasteiger partial charge in [-0.1, -0.05) is 13.8 Å². The molecule has 1 aliphatic rings. The molecule has 0 aliphatic heterocycles. The van der Waals surface area contributed by atoms with Crippen LogP contribution in [-0.2, 0) is 4.74 Å². The van der Waals surface area contributed by atoms with Crippen LogP contribution in [0.5, 0.6) is 0 Å². The smallest absolute Gasteiger partial charge is 0.0589 e. The highest BCUT2D eigenvalue weighted by molar-refractivity contribution is 4.97. The van der Waals surface area contributed by atoms with Crippen molar-refractivity contribution in [3.05, 3.63) is 0 Å². The molecule has 0 radical (unpaired) electrons. The van der Waals surface area contributed by atoms with Crippen molar-refractivity contribution < 1.29 is 4.74 Å². The van der Waals surface area contributed by atoms with Gasteiger partial charge in [-0.3, -0.25) is 4.90 Å². The van der Waals surface area contributed by atoms with Crippen LogP contribution in [0, 0.1) is 5.92 Å². The lowest BCUT2D eigenvalue weighted by Gasteiger charge is -2.49. The monoisotopic (exact) mass is 242 g/mol. The van der Waals surface area contributed by atoms with Crippen LogP contribution in [0.25, 0.3) is 0 Å². The Morgan fingerprint density at radius 2 is 2.06 bits per heavy atom. The van der Waals surface area contributed by atoms with Gasteiger partial charge in [-0.15, -0.1) is 0 Å². The quantitative estimate of drug-likeness (QED) is 0.803. The maximum Gasteiger partial charge on any atom is 0.0589 e. The molecule has 3 unspecified atom stereocenters. The van der Waals surface area contributed by atoms with E-state index in [2.05, 4.69) is 32.7 Å². The molecule has 102 valence electrons. The van der Waals surface area contributed by atoms with Gasteiger partial charge in [0.15, 0.2) is 0 Å². The minimum atomic E-state index is 0.141. The number of methoxy groups -OCH3 is 1. The van der Waals surface area contributed by atoms with E-state index in [1.807, 2.05) is 7.11 Å². The molecular weight excluding hydrogens is 212 g/mol. The molecule has 1 aliphatic carbocycles. The Morgan fingerprint density at radius 3 is 2.53 bits per heavy atom. The van der Waals surface area contributed by atoms with E-state index >= 15 is 0 Å². The zero-order chi connectivity index (χ0) is 13.1. The van der Waals surface area contributed by atoms with Gasteiger partial charge in [0.25, 0.3) is 0 Å². The van der Waals surface area contributed by atoms with Crippen molar-refractivity contribution in [2.24, 2.45) is 11.7 Å². The van der Waals surface area contributed by atoms with Gasteiger partial charge >= 0.3 is 0 Å². The molecule has 1 saturated carbocycles. The predicted octanol–water partition coefficient (Wildman–Crippen LogP) is 2.25. The van der Waals surface area contributed by atoms with Crippen LogP contribution in [-0.4, -0.2) is 43.3 Å². The average Bonchev–Trinajstić information content (AvgIpc) is 2.36. The molecular formula is C14H30N2O. The second-order valence-electron chi connectivity index (χ2n) is 5.98. The van der Waals surface area contributed by atoms with Crippen LogP contribution >= 0.6 is 0 Å². The third-order valence-corrected chi connectivity index (χ3v) is 4.81. The zero-order valence-electron chi connectivity index (χ0n) is 12.2. The average molecular weight is 242 g/mol. The van der Waals surface area contributed by atoms with Crippen LogP contribution in [0.4, 0.5) is 0 Å². The predicted molar refractivity (Wildman–Crippen MR) is 73.1 cm³/mol. The molecule has 0 bridgehead atoms. The van der Waals surface area contributed by atoms with Crippen LogP contribution in [0.3, 0.4) is 0 Å². The first-order valence-electron chi connectivity index (χ1n) is 6.92. The molecule has 0 aromatic carbocycles. The molecule has 0 aromatic heterocycles. The summed E-state index contributed by atoms with van der Waals surface area (Å²) in [7, 11) is 4.05. The lowest BCUT2D eigenvalue weighted by molar-refractivity contribution is -0.0321. The Hall–Kier alpha value is -0.120. The van der Waals surface area contributed by atoms with Crippen molar-refractivity contribution in [1.82, 2.24) is 4.90 Å². The Kier molecular flexibility index (Phi) is 5.42. The molecule has 3 heteroatoms. The first-order valence-corrected chi connectivity index (χ1v) is 6.92. The largest absolute Gasteiger partial charge is 0.381 e. The van der Waals surface area contributed by atoms with E-state index in [4.69, 9.17) is 10.5 Å². The SMILES string of the molecule is COC1CCCC(CN)(N(C)C(C)C(C)C)C1. The van der Waals surface area contributed by atoms with Crippen molar-refractivity contribution in [1.29, 1.82) is 0 Å². The summed E-state index contributed by atoms with van der Waals surface area (Å²) in [5.41, 5.74) is 6.24. The highest BCUT2D eigenvalue weighted by atomic mass is 16.5. The fourth-order valence-corrected chi connectivity index (χ4v) is 3.02.